The number of ether oxygens (including phenoxy) is 2. The van der Waals surface area contributed by atoms with Gasteiger partial charge in [0.05, 0.1) is 19.3 Å². The monoisotopic (exact) mass is 349 g/mol. The van der Waals surface area contributed by atoms with Crippen molar-refractivity contribution in [1.29, 1.82) is 0 Å². The van der Waals surface area contributed by atoms with Gasteiger partial charge in [0.25, 0.3) is 0 Å². The van der Waals surface area contributed by atoms with Crippen LogP contribution in [0.2, 0.25) is 0 Å². The highest BCUT2D eigenvalue weighted by atomic mass is 32.1. The molecule has 4 heterocycles. The third kappa shape index (κ3) is 3.16. The summed E-state index contributed by atoms with van der Waals surface area (Å²) in [5.74, 6) is -0.339. The first-order valence-corrected chi connectivity index (χ1v) is 9.09. The van der Waals surface area contributed by atoms with Gasteiger partial charge in [-0.1, -0.05) is 0 Å². The van der Waals surface area contributed by atoms with Gasteiger partial charge < -0.3 is 9.47 Å². The van der Waals surface area contributed by atoms with E-state index >= 15 is 0 Å². The van der Waals surface area contributed by atoms with Gasteiger partial charge in [0.1, 0.15) is 5.01 Å². The highest BCUT2D eigenvalue weighted by Gasteiger charge is 2.48. The van der Waals surface area contributed by atoms with Gasteiger partial charge in [-0.2, -0.15) is 0 Å². The van der Waals surface area contributed by atoms with E-state index in [0.717, 1.165) is 44.1 Å². The summed E-state index contributed by atoms with van der Waals surface area (Å²) in [4.78, 5) is 10.8. The summed E-state index contributed by atoms with van der Waals surface area (Å²) >= 11 is 1.68. The summed E-state index contributed by atoms with van der Waals surface area (Å²) < 4.78 is 25.5. The molecule has 2 atom stereocenters. The molecule has 0 unspecified atom stereocenters. The highest BCUT2D eigenvalue weighted by molar-refractivity contribution is 7.09. The quantitative estimate of drug-likeness (QED) is 0.831. The summed E-state index contributed by atoms with van der Waals surface area (Å²) in [6, 6.07) is 2.94. The molecule has 0 bridgehead atoms. The first kappa shape index (κ1) is 15.9. The Balaban J connectivity index is 1.46. The lowest BCUT2D eigenvalue weighted by atomic mass is 9.77. The number of hydrogen-bond donors (Lipinski definition) is 0. The Morgan fingerprint density at radius 1 is 1.42 bits per heavy atom. The first-order valence-electron chi connectivity index (χ1n) is 8.21. The SMILES string of the molecule is Fc1cccnc1OC[C@@]12CCO[C@@H]1CCN(Cc1nccs1)C2. The maximum Gasteiger partial charge on any atom is 0.250 e. The van der Waals surface area contributed by atoms with Crippen molar-refractivity contribution in [1.82, 2.24) is 14.9 Å². The number of hydrogen-bond acceptors (Lipinski definition) is 6. The molecule has 7 heteroatoms. The molecule has 0 N–H and O–H groups in total. The normalized spacial score (nSPS) is 27.1. The molecule has 0 saturated carbocycles. The molecule has 2 aliphatic heterocycles. The molecule has 2 aliphatic rings. The molecule has 24 heavy (non-hydrogen) atoms. The van der Waals surface area contributed by atoms with Gasteiger partial charge in [-0.15, -0.1) is 11.3 Å². The van der Waals surface area contributed by atoms with Crippen LogP contribution < -0.4 is 4.74 Å². The summed E-state index contributed by atoms with van der Waals surface area (Å²) in [5.41, 5.74) is -0.0977. The standard InChI is InChI=1S/C17H20FN3O2S/c18-13-2-1-5-20-16(13)23-12-17-4-8-22-14(17)3-7-21(11-17)10-15-19-6-9-24-15/h1-2,5-6,9,14H,3-4,7-8,10-12H2/t14-,17+/m1/s1. The van der Waals surface area contributed by atoms with Crippen LogP contribution in [-0.4, -0.2) is 47.3 Å². The van der Waals surface area contributed by atoms with E-state index in [1.165, 1.54) is 6.07 Å². The van der Waals surface area contributed by atoms with Crippen molar-refractivity contribution in [3.05, 3.63) is 40.7 Å². The van der Waals surface area contributed by atoms with Crippen molar-refractivity contribution in [2.75, 3.05) is 26.3 Å². The van der Waals surface area contributed by atoms with Gasteiger partial charge in [0.2, 0.25) is 5.88 Å². The van der Waals surface area contributed by atoms with Gasteiger partial charge in [0, 0.05) is 42.9 Å². The lowest BCUT2D eigenvalue weighted by Crippen LogP contribution is -2.52. The number of piperidine rings is 1. The largest absolute Gasteiger partial charge is 0.475 e. The number of likely N-dealkylation sites (tertiary alicyclic amines) is 1. The number of nitrogens with zero attached hydrogens (tertiary/aromatic N) is 3. The van der Waals surface area contributed by atoms with Crippen LogP contribution in [0.3, 0.4) is 0 Å². The zero-order valence-corrected chi connectivity index (χ0v) is 14.2. The average molecular weight is 349 g/mol. The molecular weight excluding hydrogens is 329 g/mol. The van der Waals surface area contributed by atoms with E-state index in [0.29, 0.717) is 6.61 Å². The van der Waals surface area contributed by atoms with E-state index in [2.05, 4.69) is 14.9 Å². The Labute approximate surface area is 144 Å². The molecule has 2 saturated heterocycles. The minimum Gasteiger partial charge on any atom is -0.475 e. The van der Waals surface area contributed by atoms with Crippen molar-refractivity contribution in [2.45, 2.75) is 25.5 Å². The lowest BCUT2D eigenvalue weighted by Gasteiger charge is -2.43. The van der Waals surface area contributed by atoms with Crippen LogP contribution in [0.4, 0.5) is 4.39 Å². The smallest absolute Gasteiger partial charge is 0.250 e. The summed E-state index contributed by atoms with van der Waals surface area (Å²) in [6.07, 6.45) is 5.47. The second kappa shape index (κ2) is 6.74. The average Bonchev–Trinajstić information content (AvgIpc) is 3.23. The van der Waals surface area contributed by atoms with Gasteiger partial charge in [-0.05, 0) is 25.0 Å². The van der Waals surface area contributed by atoms with E-state index in [-0.39, 0.29) is 17.4 Å². The van der Waals surface area contributed by atoms with Crippen LogP contribution >= 0.6 is 11.3 Å². The molecule has 0 aromatic carbocycles. The second-order valence-corrected chi connectivity index (χ2v) is 7.46. The molecule has 0 amide bonds. The zero-order valence-electron chi connectivity index (χ0n) is 13.4. The lowest BCUT2D eigenvalue weighted by molar-refractivity contribution is -0.0425. The zero-order chi connectivity index (χ0) is 16.4. The third-order valence-corrected chi connectivity index (χ3v) is 5.68. The van der Waals surface area contributed by atoms with Crippen LogP contribution in [0.25, 0.3) is 0 Å². The topological polar surface area (TPSA) is 47.5 Å². The Kier molecular flexibility index (Phi) is 4.47. The predicted molar refractivity (Wildman–Crippen MR) is 88.5 cm³/mol. The van der Waals surface area contributed by atoms with E-state index in [1.54, 1.807) is 23.6 Å². The number of thiazole rings is 1. The first-order chi connectivity index (χ1) is 11.8. The molecule has 5 nitrogen and oxygen atoms in total. The molecule has 2 fully saturated rings. The molecule has 128 valence electrons. The molecular formula is C17H20FN3O2S. The second-order valence-electron chi connectivity index (χ2n) is 6.48. The van der Waals surface area contributed by atoms with Crippen molar-refractivity contribution in [3.8, 4) is 5.88 Å². The Morgan fingerprint density at radius 3 is 3.21 bits per heavy atom. The van der Waals surface area contributed by atoms with Crippen LogP contribution in [0.1, 0.15) is 17.8 Å². The third-order valence-electron chi connectivity index (χ3n) is 4.91. The molecule has 0 aliphatic carbocycles. The molecule has 4 rings (SSSR count). The maximum atomic E-state index is 13.8. The Morgan fingerprint density at radius 2 is 2.38 bits per heavy atom. The van der Waals surface area contributed by atoms with Crippen LogP contribution in [0.5, 0.6) is 5.88 Å². The molecule has 2 aromatic rings. The number of rotatable bonds is 5. The minimum atomic E-state index is -0.417. The molecule has 0 spiro atoms. The summed E-state index contributed by atoms with van der Waals surface area (Å²) in [5, 5.41) is 3.13. The number of pyridine rings is 1. The summed E-state index contributed by atoms with van der Waals surface area (Å²) in [7, 11) is 0. The number of aromatic nitrogens is 2. The van der Waals surface area contributed by atoms with Gasteiger partial charge in [-0.25, -0.2) is 14.4 Å². The van der Waals surface area contributed by atoms with Gasteiger partial charge in [0.15, 0.2) is 5.82 Å². The van der Waals surface area contributed by atoms with E-state index < -0.39 is 5.82 Å². The molecule has 0 radical (unpaired) electrons. The van der Waals surface area contributed by atoms with Crippen LogP contribution in [-0.2, 0) is 11.3 Å². The van der Waals surface area contributed by atoms with E-state index in [1.807, 2.05) is 11.6 Å². The van der Waals surface area contributed by atoms with Crippen molar-refractivity contribution in [2.24, 2.45) is 5.41 Å². The van der Waals surface area contributed by atoms with E-state index in [9.17, 15) is 4.39 Å². The van der Waals surface area contributed by atoms with Crippen molar-refractivity contribution < 1.29 is 13.9 Å². The van der Waals surface area contributed by atoms with Crippen molar-refractivity contribution in [3.63, 3.8) is 0 Å². The van der Waals surface area contributed by atoms with E-state index in [4.69, 9.17) is 9.47 Å². The van der Waals surface area contributed by atoms with Crippen LogP contribution in [0, 0.1) is 11.2 Å². The Bertz CT molecular complexity index is 684. The number of fused-ring (bicyclic) bond motifs is 1. The highest BCUT2D eigenvalue weighted by Crippen LogP contribution is 2.41. The number of halogens is 1. The fraction of sp³-hybridized carbons (Fsp3) is 0.529. The summed E-state index contributed by atoms with van der Waals surface area (Å²) in [6.45, 7) is 3.89. The Hall–Kier alpha value is -1.57. The molecule has 2 aromatic heterocycles. The maximum absolute atomic E-state index is 13.8. The van der Waals surface area contributed by atoms with Gasteiger partial charge in [-0.3, -0.25) is 4.90 Å². The fourth-order valence-corrected chi connectivity index (χ4v) is 4.35. The van der Waals surface area contributed by atoms with Crippen molar-refractivity contribution >= 4 is 11.3 Å². The van der Waals surface area contributed by atoms with Crippen LogP contribution in [0.15, 0.2) is 29.9 Å². The predicted octanol–water partition coefficient (Wildman–Crippen LogP) is 2.74. The fourth-order valence-electron chi connectivity index (χ4n) is 3.69. The minimum absolute atomic E-state index is 0.0783. The van der Waals surface area contributed by atoms with Gasteiger partial charge >= 0.3 is 0 Å².